The van der Waals surface area contributed by atoms with Crippen LogP contribution in [0.5, 0.6) is 0 Å². The van der Waals surface area contributed by atoms with Gasteiger partial charge in [0.2, 0.25) is 0 Å². The molecule has 82 valence electrons. The van der Waals surface area contributed by atoms with Crippen molar-refractivity contribution in [3.63, 3.8) is 0 Å². The van der Waals surface area contributed by atoms with E-state index >= 15 is 0 Å². The summed E-state index contributed by atoms with van der Waals surface area (Å²) in [4.78, 5) is 12.8. The molecule has 0 aliphatic rings. The Morgan fingerprint density at radius 1 is 1.12 bits per heavy atom. The van der Waals surface area contributed by atoms with Gasteiger partial charge in [-0.1, -0.05) is 0 Å². The van der Waals surface area contributed by atoms with Crippen LogP contribution in [0, 0.1) is 6.92 Å². The quantitative estimate of drug-likeness (QED) is 0.851. The first-order valence-corrected chi connectivity index (χ1v) is 5.27. The van der Waals surface area contributed by atoms with Gasteiger partial charge in [-0.05, 0) is 25.5 Å². The molecule has 0 aromatic carbocycles. The number of aromatic nitrogens is 3. The largest absolute Gasteiger partial charge is 0.369 e. The smallest absolute Gasteiger partial charge is 0.145 e. The normalized spacial score (nSPS) is 10.1. The van der Waals surface area contributed by atoms with Gasteiger partial charge in [0.25, 0.3) is 0 Å². The number of anilines is 1. The van der Waals surface area contributed by atoms with Crippen molar-refractivity contribution in [2.24, 2.45) is 0 Å². The molecule has 2 aromatic rings. The number of hydrogen-bond acceptors (Lipinski definition) is 4. The Morgan fingerprint density at radius 3 is 2.69 bits per heavy atom. The Balaban J connectivity index is 2.36. The van der Waals surface area contributed by atoms with Crippen molar-refractivity contribution >= 4 is 5.82 Å². The van der Waals surface area contributed by atoms with Crippen molar-refractivity contribution in [3.05, 3.63) is 36.4 Å². The molecule has 0 unspecified atom stereocenters. The van der Waals surface area contributed by atoms with Gasteiger partial charge in [-0.2, -0.15) is 0 Å². The molecule has 0 fully saturated rings. The highest BCUT2D eigenvalue weighted by molar-refractivity contribution is 5.59. The number of hydrogen-bond donors (Lipinski definition) is 1. The molecule has 2 heterocycles. The molecular formula is C12H14N4. The van der Waals surface area contributed by atoms with Crippen molar-refractivity contribution in [1.82, 2.24) is 15.0 Å². The molecule has 0 atom stereocenters. The summed E-state index contributed by atoms with van der Waals surface area (Å²) in [7, 11) is 0. The zero-order valence-corrected chi connectivity index (χ0v) is 9.44. The van der Waals surface area contributed by atoms with E-state index in [0.717, 1.165) is 29.2 Å². The minimum atomic E-state index is 0.793. The third-order valence-corrected chi connectivity index (χ3v) is 2.16. The molecule has 0 saturated heterocycles. The van der Waals surface area contributed by atoms with E-state index in [-0.39, 0.29) is 0 Å². The Hall–Kier alpha value is -1.97. The summed E-state index contributed by atoms with van der Waals surface area (Å²) in [5.41, 5.74) is 2.95. The van der Waals surface area contributed by atoms with Gasteiger partial charge >= 0.3 is 0 Å². The minimum absolute atomic E-state index is 0.793. The summed E-state index contributed by atoms with van der Waals surface area (Å²) in [5.74, 6) is 0.793. The van der Waals surface area contributed by atoms with Crippen molar-refractivity contribution in [1.29, 1.82) is 0 Å². The van der Waals surface area contributed by atoms with Gasteiger partial charge in [0, 0.05) is 24.5 Å². The third-order valence-electron chi connectivity index (χ3n) is 2.16. The summed E-state index contributed by atoms with van der Waals surface area (Å²) in [5, 5.41) is 3.14. The van der Waals surface area contributed by atoms with Crippen LogP contribution in [0.1, 0.15) is 12.5 Å². The van der Waals surface area contributed by atoms with Gasteiger partial charge in [0.15, 0.2) is 0 Å². The number of nitrogens with zero attached hydrogens (tertiary/aromatic N) is 3. The summed E-state index contributed by atoms with van der Waals surface area (Å²) in [6, 6.07) is 2.05. The second-order valence-corrected chi connectivity index (χ2v) is 3.57. The number of rotatable bonds is 3. The van der Waals surface area contributed by atoms with Crippen LogP contribution < -0.4 is 5.32 Å². The number of nitrogens with one attached hydrogen (secondary N) is 1. The fraction of sp³-hybridized carbons (Fsp3) is 0.250. The lowest BCUT2D eigenvalue weighted by atomic mass is 10.2. The second kappa shape index (κ2) is 4.70. The minimum Gasteiger partial charge on any atom is -0.369 e. The first-order valence-electron chi connectivity index (χ1n) is 5.27. The zero-order chi connectivity index (χ0) is 11.4. The maximum absolute atomic E-state index is 4.46. The summed E-state index contributed by atoms with van der Waals surface area (Å²) < 4.78 is 0. The third kappa shape index (κ3) is 2.34. The molecule has 0 spiro atoms. The van der Waals surface area contributed by atoms with Crippen molar-refractivity contribution in [2.45, 2.75) is 13.8 Å². The number of pyridine rings is 1. The van der Waals surface area contributed by atoms with Crippen LogP contribution >= 0.6 is 0 Å². The predicted molar refractivity (Wildman–Crippen MR) is 64.2 cm³/mol. The van der Waals surface area contributed by atoms with Crippen molar-refractivity contribution in [3.8, 4) is 11.3 Å². The second-order valence-electron chi connectivity index (χ2n) is 3.57. The Bertz CT molecular complexity index is 482. The van der Waals surface area contributed by atoms with Crippen LogP contribution in [0.3, 0.4) is 0 Å². The van der Waals surface area contributed by atoms with Crippen molar-refractivity contribution < 1.29 is 0 Å². The summed E-state index contributed by atoms with van der Waals surface area (Å²) in [6.45, 7) is 4.88. The van der Waals surface area contributed by atoms with Crippen LogP contribution in [0.25, 0.3) is 11.3 Å². The average Bonchev–Trinajstić information content (AvgIpc) is 2.30. The van der Waals surface area contributed by atoms with Crippen LogP contribution in [0.2, 0.25) is 0 Å². The summed E-state index contributed by atoms with van der Waals surface area (Å²) in [6.07, 6.45) is 7.09. The molecule has 1 N–H and O–H groups in total. The van der Waals surface area contributed by atoms with Crippen LogP contribution in [0.15, 0.2) is 30.9 Å². The van der Waals surface area contributed by atoms with E-state index in [9.17, 15) is 0 Å². The predicted octanol–water partition coefficient (Wildman–Crippen LogP) is 2.28. The van der Waals surface area contributed by atoms with Gasteiger partial charge < -0.3 is 5.32 Å². The van der Waals surface area contributed by atoms with Crippen LogP contribution in [0.4, 0.5) is 5.82 Å². The SMILES string of the molecule is CCNc1cncc(-c2cncc(C)c2)n1. The van der Waals surface area contributed by atoms with E-state index in [0.29, 0.717) is 0 Å². The lowest BCUT2D eigenvalue weighted by molar-refractivity contribution is 1.12. The molecule has 0 bridgehead atoms. The van der Waals surface area contributed by atoms with Crippen LogP contribution in [-0.2, 0) is 0 Å². The lowest BCUT2D eigenvalue weighted by Crippen LogP contribution is -2.00. The average molecular weight is 214 g/mol. The van der Waals surface area contributed by atoms with E-state index in [1.807, 2.05) is 26.1 Å². The summed E-state index contributed by atoms with van der Waals surface area (Å²) >= 11 is 0. The zero-order valence-electron chi connectivity index (χ0n) is 9.44. The van der Waals surface area contributed by atoms with E-state index in [1.54, 1.807) is 18.6 Å². The molecule has 0 saturated carbocycles. The molecule has 4 heteroatoms. The molecular weight excluding hydrogens is 200 g/mol. The number of aryl methyl sites for hydroxylation is 1. The van der Waals surface area contributed by atoms with E-state index in [4.69, 9.17) is 0 Å². The molecule has 0 aliphatic heterocycles. The lowest BCUT2D eigenvalue weighted by Gasteiger charge is -2.04. The van der Waals surface area contributed by atoms with Gasteiger partial charge in [-0.25, -0.2) is 4.98 Å². The molecule has 2 aromatic heterocycles. The highest BCUT2D eigenvalue weighted by atomic mass is 15.0. The Kier molecular flexibility index (Phi) is 3.10. The molecule has 4 nitrogen and oxygen atoms in total. The Morgan fingerprint density at radius 2 is 1.94 bits per heavy atom. The van der Waals surface area contributed by atoms with E-state index in [2.05, 4.69) is 20.3 Å². The standard InChI is InChI=1S/C12H14N4/c1-3-15-12-8-14-7-11(16-12)10-4-9(2)5-13-6-10/h4-8H,3H2,1-2H3,(H,15,16). The van der Waals surface area contributed by atoms with Crippen LogP contribution in [-0.4, -0.2) is 21.5 Å². The van der Waals surface area contributed by atoms with Gasteiger partial charge in [-0.3, -0.25) is 9.97 Å². The van der Waals surface area contributed by atoms with Crippen molar-refractivity contribution in [2.75, 3.05) is 11.9 Å². The topological polar surface area (TPSA) is 50.7 Å². The fourth-order valence-electron chi connectivity index (χ4n) is 1.47. The molecule has 0 amide bonds. The van der Waals surface area contributed by atoms with E-state index < -0.39 is 0 Å². The first-order chi connectivity index (χ1) is 7.79. The maximum atomic E-state index is 4.46. The Labute approximate surface area is 94.8 Å². The molecule has 2 rings (SSSR count). The van der Waals surface area contributed by atoms with Gasteiger partial charge in [0.1, 0.15) is 5.82 Å². The van der Waals surface area contributed by atoms with E-state index in [1.165, 1.54) is 0 Å². The first kappa shape index (κ1) is 10.5. The fourth-order valence-corrected chi connectivity index (χ4v) is 1.47. The van der Waals surface area contributed by atoms with Gasteiger partial charge in [-0.15, -0.1) is 0 Å². The molecule has 0 radical (unpaired) electrons. The monoisotopic (exact) mass is 214 g/mol. The molecule has 0 aliphatic carbocycles. The molecule has 16 heavy (non-hydrogen) atoms. The van der Waals surface area contributed by atoms with Gasteiger partial charge in [0.05, 0.1) is 18.1 Å². The maximum Gasteiger partial charge on any atom is 0.145 e. The highest BCUT2D eigenvalue weighted by Crippen LogP contribution is 2.17. The highest BCUT2D eigenvalue weighted by Gasteiger charge is 2.01.